The average Bonchev–Trinajstić information content (AvgIpc) is 3.09. The quantitative estimate of drug-likeness (QED) is 0.801. The van der Waals surface area contributed by atoms with Gasteiger partial charge < -0.3 is 9.32 Å². The molecule has 1 aliphatic heterocycles. The molecular formula is C23H27N3O3. The summed E-state index contributed by atoms with van der Waals surface area (Å²) in [5.41, 5.74) is 6.71. The van der Waals surface area contributed by atoms with E-state index in [1.807, 2.05) is 36.9 Å². The molecule has 0 radical (unpaired) electrons. The highest BCUT2D eigenvalue weighted by molar-refractivity contribution is 6.07. The van der Waals surface area contributed by atoms with Crippen LogP contribution in [0.1, 0.15) is 75.5 Å². The van der Waals surface area contributed by atoms with Gasteiger partial charge in [-0.2, -0.15) is 5.10 Å². The van der Waals surface area contributed by atoms with E-state index in [4.69, 9.17) is 4.42 Å². The van der Waals surface area contributed by atoms with Crippen molar-refractivity contribution in [1.29, 1.82) is 0 Å². The summed E-state index contributed by atoms with van der Waals surface area (Å²) in [4.78, 5) is 27.4. The van der Waals surface area contributed by atoms with Crippen LogP contribution < -0.4 is 5.43 Å². The molecule has 0 saturated carbocycles. The number of benzene rings is 1. The molecule has 0 unspecified atom stereocenters. The molecule has 2 aliphatic rings. The lowest BCUT2D eigenvalue weighted by molar-refractivity contribution is 0.0689. The van der Waals surface area contributed by atoms with E-state index in [1.165, 1.54) is 6.42 Å². The number of likely N-dealkylation sites (tertiary alicyclic amines) is 1. The van der Waals surface area contributed by atoms with Crippen molar-refractivity contribution in [3.8, 4) is 0 Å². The molecule has 6 nitrogen and oxygen atoms in total. The molecule has 0 spiro atoms. The van der Waals surface area contributed by atoms with Crippen LogP contribution in [-0.4, -0.2) is 35.5 Å². The minimum atomic E-state index is -0.228. The van der Waals surface area contributed by atoms with E-state index in [0.29, 0.717) is 11.3 Å². The standard InChI is InChI=1S/C23H27N3O3/c1-15-9-4-5-10-17(15)22(27)25-24-18-11-8-12-19-20(18)16(2)21(29-19)23(28)26-13-6-3-7-14-26/h4-5,9-10H,3,6-8,11-14H2,1-2H3,(H,25,27)/b24-18+. The smallest absolute Gasteiger partial charge is 0.289 e. The zero-order valence-electron chi connectivity index (χ0n) is 17.1. The maximum atomic E-state index is 13.0. The van der Waals surface area contributed by atoms with Gasteiger partial charge in [0.2, 0.25) is 0 Å². The number of piperidine rings is 1. The van der Waals surface area contributed by atoms with Crippen molar-refractivity contribution in [1.82, 2.24) is 10.3 Å². The van der Waals surface area contributed by atoms with E-state index < -0.39 is 0 Å². The minimum Gasteiger partial charge on any atom is -0.455 e. The van der Waals surface area contributed by atoms with E-state index >= 15 is 0 Å². The van der Waals surface area contributed by atoms with Crippen LogP contribution in [0.5, 0.6) is 0 Å². The van der Waals surface area contributed by atoms with Gasteiger partial charge in [0.1, 0.15) is 5.76 Å². The number of amides is 2. The van der Waals surface area contributed by atoms with Gasteiger partial charge in [-0.1, -0.05) is 18.2 Å². The SMILES string of the molecule is Cc1ccccc1C(=O)N/N=C1\CCCc2oc(C(=O)N3CCCCC3)c(C)c21. The highest BCUT2D eigenvalue weighted by Gasteiger charge is 2.30. The first kappa shape index (κ1) is 19.4. The summed E-state index contributed by atoms with van der Waals surface area (Å²) in [6.07, 6.45) is 5.68. The van der Waals surface area contributed by atoms with Gasteiger partial charge in [-0.05, 0) is 57.6 Å². The van der Waals surface area contributed by atoms with E-state index in [0.717, 1.165) is 73.4 Å². The van der Waals surface area contributed by atoms with Gasteiger partial charge in [-0.25, -0.2) is 5.43 Å². The Balaban J connectivity index is 1.58. The Labute approximate surface area is 171 Å². The number of carbonyl (C=O) groups is 2. The van der Waals surface area contributed by atoms with Gasteiger partial charge in [0.25, 0.3) is 11.8 Å². The number of nitrogens with one attached hydrogen (secondary N) is 1. The summed E-state index contributed by atoms with van der Waals surface area (Å²) >= 11 is 0. The van der Waals surface area contributed by atoms with Crippen molar-refractivity contribution in [3.05, 3.63) is 58.0 Å². The molecule has 6 heteroatoms. The van der Waals surface area contributed by atoms with Gasteiger partial charge in [-0.15, -0.1) is 0 Å². The predicted molar refractivity (Wildman–Crippen MR) is 111 cm³/mol. The van der Waals surface area contributed by atoms with Crippen LogP contribution in [0.3, 0.4) is 0 Å². The molecule has 4 rings (SSSR count). The molecule has 0 atom stereocenters. The zero-order chi connectivity index (χ0) is 20.4. The molecule has 1 aromatic carbocycles. The number of hydrogen-bond donors (Lipinski definition) is 1. The number of hydrogen-bond acceptors (Lipinski definition) is 4. The fraction of sp³-hybridized carbons (Fsp3) is 0.435. The summed E-state index contributed by atoms with van der Waals surface area (Å²) in [6.45, 7) is 5.40. The molecule has 1 aromatic heterocycles. The van der Waals surface area contributed by atoms with Crippen molar-refractivity contribution in [2.75, 3.05) is 13.1 Å². The van der Waals surface area contributed by atoms with Crippen molar-refractivity contribution >= 4 is 17.5 Å². The Hall–Kier alpha value is -2.89. The monoisotopic (exact) mass is 393 g/mol. The second kappa shape index (κ2) is 8.23. The first-order valence-electron chi connectivity index (χ1n) is 10.4. The van der Waals surface area contributed by atoms with Crippen LogP contribution in [0.25, 0.3) is 0 Å². The van der Waals surface area contributed by atoms with Crippen LogP contribution in [0.2, 0.25) is 0 Å². The molecule has 2 heterocycles. The number of hydrazone groups is 1. The van der Waals surface area contributed by atoms with Crippen LogP contribution in [-0.2, 0) is 6.42 Å². The lowest BCUT2D eigenvalue weighted by Crippen LogP contribution is -2.35. The lowest BCUT2D eigenvalue weighted by atomic mass is 9.93. The number of carbonyl (C=O) groups excluding carboxylic acids is 2. The number of furan rings is 1. The summed E-state index contributed by atoms with van der Waals surface area (Å²) in [5.74, 6) is 0.975. The molecule has 1 saturated heterocycles. The number of nitrogens with zero attached hydrogens (tertiary/aromatic N) is 2. The van der Waals surface area contributed by atoms with Crippen LogP contribution in [0.15, 0.2) is 33.8 Å². The van der Waals surface area contributed by atoms with E-state index in [1.54, 1.807) is 6.07 Å². The molecule has 0 bridgehead atoms. The first-order chi connectivity index (χ1) is 14.1. The zero-order valence-corrected chi connectivity index (χ0v) is 17.1. The van der Waals surface area contributed by atoms with Gasteiger partial charge in [0, 0.05) is 36.2 Å². The molecule has 1 aliphatic carbocycles. The second-order valence-electron chi connectivity index (χ2n) is 7.88. The van der Waals surface area contributed by atoms with Crippen molar-refractivity contribution < 1.29 is 14.0 Å². The summed E-state index contributed by atoms with van der Waals surface area (Å²) in [7, 11) is 0. The molecule has 2 aromatic rings. The van der Waals surface area contributed by atoms with Crippen LogP contribution >= 0.6 is 0 Å². The third-order valence-corrected chi connectivity index (χ3v) is 5.85. The third-order valence-electron chi connectivity index (χ3n) is 5.85. The van der Waals surface area contributed by atoms with E-state index in [9.17, 15) is 9.59 Å². The van der Waals surface area contributed by atoms with Crippen LogP contribution in [0, 0.1) is 13.8 Å². The second-order valence-corrected chi connectivity index (χ2v) is 7.88. The highest BCUT2D eigenvalue weighted by Crippen LogP contribution is 2.31. The first-order valence-corrected chi connectivity index (χ1v) is 10.4. The predicted octanol–water partition coefficient (Wildman–Crippen LogP) is 3.99. The molecule has 1 N–H and O–H groups in total. The van der Waals surface area contributed by atoms with Crippen molar-refractivity contribution in [3.63, 3.8) is 0 Å². The fourth-order valence-electron chi connectivity index (χ4n) is 4.23. The Bertz CT molecular complexity index is 968. The topological polar surface area (TPSA) is 74.9 Å². The maximum Gasteiger partial charge on any atom is 0.289 e. The minimum absolute atomic E-state index is 0.0279. The summed E-state index contributed by atoms with van der Waals surface area (Å²) < 4.78 is 6.01. The summed E-state index contributed by atoms with van der Waals surface area (Å²) in [6, 6.07) is 7.43. The highest BCUT2D eigenvalue weighted by atomic mass is 16.4. The van der Waals surface area contributed by atoms with Gasteiger partial charge >= 0.3 is 0 Å². The third kappa shape index (κ3) is 3.84. The average molecular weight is 393 g/mol. The van der Waals surface area contributed by atoms with Crippen LogP contribution in [0.4, 0.5) is 0 Å². The van der Waals surface area contributed by atoms with E-state index in [2.05, 4.69) is 10.5 Å². The Kier molecular flexibility index (Phi) is 5.51. The van der Waals surface area contributed by atoms with Gasteiger partial charge in [0.15, 0.2) is 5.76 Å². The number of fused-ring (bicyclic) bond motifs is 1. The van der Waals surface area contributed by atoms with Gasteiger partial charge in [0.05, 0.1) is 5.71 Å². The Morgan fingerprint density at radius 1 is 1.03 bits per heavy atom. The number of aryl methyl sites for hydroxylation is 2. The lowest BCUT2D eigenvalue weighted by Gasteiger charge is -2.25. The molecular weight excluding hydrogens is 366 g/mol. The molecule has 2 amide bonds. The normalized spacial score (nSPS) is 17.9. The van der Waals surface area contributed by atoms with Crippen molar-refractivity contribution in [2.45, 2.75) is 52.4 Å². The maximum absolute atomic E-state index is 13.0. The van der Waals surface area contributed by atoms with Crippen molar-refractivity contribution in [2.24, 2.45) is 5.10 Å². The Morgan fingerprint density at radius 3 is 2.55 bits per heavy atom. The van der Waals surface area contributed by atoms with Gasteiger partial charge in [-0.3, -0.25) is 9.59 Å². The molecule has 29 heavy (non-hydrogen) atoms. The molecule has 152 valence electrons. The largest absolute Gasteiger partial charge is 0.455 e. The van der Waals surface area contributed by atoms with E-state index in [-0.39, 0.29) is 11.8 Å². The number of rotatable bonds is 3. The Morgan fingerprint density at radius 2 is 1.79 bits per heavy atom. The fourth-order valence-corrected chi connectivity index (χ4v) is 4.23. The molecule has 1 fully saturated rings. The summed E-state index contributed by atoms with van der Waals surface area (Å²) in [5, 5.41) is 4.42.